The summed E-state index contributed by atoms with van der Waals surface area (Å²) in [6.45, 7) is 5.28. The van der Waals surface area contributed by atoms with Crippen molar-refractivity contribution in [1.82, 2.24) is 14.9 Å². The molecule has 2 N–H and O–H groups in total. The molecule has 7 nitrogen and oxygen atoms in total. The van der Waals surface area contributed by atoms with E-state index >= 15 is 0 Å². The molecule has 0 aliphatic carbocycles. The van der Waals surface area contributed by atoms with Gasteiger partial charge < -0.3 is 5.32 Å². The Morgan fingerprint density at radius 2 is 1.77 bits per heavy atom. The van der Waals surface area contributed by atoms with Crippen LogP contribution in [0.2, 0.25) is 0 Å². The first kappa shape index (κ1) is 23.1. The highest BCUT2D eigenvalue weighted by molar-refractivity contribution is 7.89. The molecule has 166 valence electrons. The number of hydrogen-bond donors (Lipinski definition) is 2. The van der Waals surface area contributed by atoms with Crippen molar-refractivity contribution in [1.29, 1.82) is 0 Å². The van der Waals surface area contributed by atoms with Crippen molar-refractivity contribution >= 4 is 21.7 Å². The average Bonchev–Trinajstić information content (AvgIpc) is 3.22. The molecule has 1 amide bonds. The van der Waals surface area contributed by atoms with Gasteiger partial charge in [0.15, 0.2) is 5.78 Å². The van der Waals surface area contributed by atoms with Crippen molar-refractivity contribution < 1.29 is 18.0 Å². The summed E-state index contributed by atoms with van der Waals surface area (Å²) < 4.78 is 27.2. The first-order chi connectivity index (χ1) is 14.8. The normalized spacial score (nSPS) is 17.9. The highest BCUT2D eigenvalue weighted by Crippen LogP contribution is 2.24. The molecule has 0 spiro atoms. The van der Waals surface area contributed by atoms with Crippen LogP contribution < -0.4 is 10.0 Å². The Labute approximate surface area is 183 Å². The Balaban J connectivity index is 1.43. The molecule has 1 aliphatic heterocycles. The number of carbonyl (C=O) groups excluding carboxylic acids is 2. The second-order valence-corrected chi connectivity index (χ2v) is 9.63. The summed E-state index contributed by atoms with van der Waals surface area (Å²) in [7, 11) is -3.73. The van der Waals surface area contributed by atoms with Gasteiger partial charge in [-0.2, -0.15) is 0 Å². The van der Waals surface area contributed by atoms with Gasteiger partial charge in [-0.05, 0) is 38.0 Å². The second-order valence-electron chi connectivity index (χ2n) is 7.86. The minimum Gasteiger partial charge on any atom is -0.352 e. The minimum absolute atomic E-state index is 0.0134. The first-order valence-corrected chi connectivity index (χ1v) is 11.9. The van der Waals surface area contributed by atoms with Gasteiger partial charge in [0.2, 0.25) is 15.9 Å². The summed E-state index contributed by atoms with van der Waals surface area (Å²) in [6.07, 6.45) is 0.937. The van der Waals surface area contributed by atoms with E-state index < -0.39 is 10.0 Å². The van der Waals surface area contributed by atoms with E-state index in [0.29, 0.717) is 5.56 Å². The number of likely N-dealkylation sites (tertiary alicyclic amines) is 1. The van der Waals surface area contributed by atoms with Crippen LogP contribution in [-0.2, 0) is 14.8 Å². The van der Waals surface area contributed by atoms with Gasteiger partial charge in [0.1, 0.15) is 0 Å². The zero-order valence-corrected chi connectivity index (χ0v) is 18.7. The van der Waals surface area contributed by atoms with Gasteiger partial charge in [0, 0.05) is 43.7 Å². The third-order valence-corrected chi connectivity index (χ3v) is 7.11. The summed E-state index contributed by atoms with van der Waals surface area (Å²) in [4.78, 5) is 26.0. The van der Waals surface area contributed by atoms with Crippen molar-refractivity contribution in [2.75, 3.05) is 19.6 Å². The lowest BCUT2D eigenvalue weighted by molar-refractivity contribution is -0.121. The largest absolute Gasteiger partial charge is 0.352 e. The van der Waals surface area contributed by atoms with Crippen LogP contribution in [-0.4, -0.2) is 50.7 Å². The van der Waals surface area contributed by atoms with Gasteiger partial charge in [0.05, 0.1) is 4.90 Å². The predicted molar refractivity (Wildman–Crippen MR) is 119 cm³/mol. The van der Waals surface area contributed by atoms with E-state index in [1.54, 1.807) is 0 Å². The molecule has 2 aromatic carbocycles. The Kier molecular flexibility index (Phi) is 7.59. The van der Waals surface area contributed by atoms with Crippen molar-refractivity contribution in [2.24, 2.45) is 0 Å². The molecular weight excluding hydrogens is 414 g/mol. The molecule has 1 saturated heterocycles. The number of carbonyl (C=O) groups is 2. The van der Waals surface area contributed by atoms with Gasteiger partial charge in [0.25, 0.3) is 0 Å². The van der Waals surface area contributed by atoms with Gasteiger partial charge in [-0.3, -0.25) is 14.5 Å². The van der Waals surface area contributed by atoms with Crippen molar-refractivity contribution in [3.05, 3.63) is 65.7 Å². The SMILES string of the molecule is CC(=O)c1ccc(S(=O)(=O)NCCC(=O)NC2CCN(C(C)c3ccccc3)C2)cc1. The molecule has 2 unspecified atom stereocenters. The predicted octanol–water partition coefficient (Wildman–Crippen LogP) is 2.51. The van der Waals surface area contributed by atoms with E-state index in [9.17, 15) is 18.0 Å². The molecule has 0 bridgehead atoms. The topological polar surface area (TPSA) is 95.6 Å². The maximum Gasteiger partial charge on any atom is 0.240 e. The molecule has 1 aliphatic rings. The van der Waals surface area contributed by atoms with E-state index in [4.69, 9.17) is 0 Å². The number of nitrogens with zero attached hydrogens (tertiary/aromatic N) is 1. The van der Waals surface area contributed by atoms with Crippen LogP contribution in [0.5, 0.6) is 0 Å². The molecule has 8 heteroatoms. The maximum absolute atomic E-state index is 12.4. The molecule has 0 radical (unpaired) electrons. The van der Waals surface area contributed by atoms with Crippen LogP contribution in [0.15, 0.2) is 59.5 Å². The van der Waals surface area contributed by atoms with E-state index in [-0.39, 0.29) is 41.6 Å². The number of ketones is 1. The molecule has 31 heavy (non-hydrogen) atoms. The standard InChI is InChI=1S/C23H29N3O4S/c1-17(19-6-4-3-5-7-19)26-15-13-21(16-26)25-23(28)12-14-24-31(29,30)22-10-8-20(9-11-22)18(2)27/h3-11,17,21,24H,12-16H2,1-2H3,(H,25,28). The molecule has 2 atom stereocenters. The molecular formula is C23H29N3O4S. The lowest BCUT2D eigenvalue weighted by Crippen LogP contribution is -2.39. The molecule has 0 saturated carbocycles. The van der Waals surface area contributed by atoms with Crippen LogP contribution in [0.1, 0.15) is 48.7 Å². The van der Waals surface area contributed by atoms with Crippen LogP contribution in [0.3, 0.4) is 0 Å². The summed E-state index contributed by atoms with van der Waals surface area (Å²) in [5.74, 6) is -0.300. The summed E-state index contributed by atoms with van der Waals surface area (Å²) in [5.41, 5.74) is 1.70. The van der Waals surface area contributed by atoms with Crippen molar-refractivity contribution in [3.63, 3.8) is 0 Å². The molecule has 1 heterocycles. The molecule has 3 rings (SSSR count). The minimum atomic E-state index is -3.73. The summed E-state index contributed by atoms with van der Waals surface area (Å²) >= 11 is 0. The molecule has 0 aromatic heterocycles. The number of hydrogen-bond acceptors (Lipinski definition) is 5. The Hall–Kier alpha value is -2.55. The van der Waals surface area contributed by atoms with Crippen LogP contribution in [0.4, 0.5) is 0 Å². The van der Waals surface area contributed by atoms with Crippen LogP contribution >= 0.6 is 0 Å². The second kappa shape index (κ2) is 10.2. The molecule has 2 aromatic rings. The zero-order chi connectivity index (χ0) is 22.4. The quantitative estimate of drug-likeness (QED) is 0.581. The third-order valence-electron chi connectivity index (χ3n) is 5.63. The Morgan fingerprint density at radius 1 is 1.10 bits per heavy atom. The van der Waals surface area contributed by atoms with Crippen molar-refractivity contribution in [3.8, 4) is 0 Å². The van der Waals surface area contributed by atoms with Crippen LogP contribution in [0.25, 0.3) is 0 Å². The number of sulfonamides is 1. The number of amides is 1. The Morgan fingerprint density at radius 3 is 2.42 bits per heavy atom. The number of rotatable bonds is 9. The van der Waals surface area contributed by atoms with Gasteiger partial charge in [-0.15, -0.1) is 0 Å². The van der Waals surface area contributed by atoms with Crippen LogP contribution in [0, 0.1) is 0 Å². The fourth-order valence-corrected chi connectivity index (χ4v) is 4.78. The fourth-order valence-electron chi connectivity index (χ4n) is 3.75. The van der Waals surface area contributed by atoms with E-state index in [1.165, 1.54) is 36.8 Å². The van der Waals surface area contributed by atoms with E-state index in [0.717, 1.165) is 19.5 Å². The van der Waals surface area contributed by atoms with Gasteiger partial charge in [-0.25, -0.2) is 13.1 Å². The highest BCUT2D eigenvalue weighted by atomic mass is 32.2. The monoisotopic (exact) mass is 443 g/mol. The molecule has 1 fully saturated rings. The summed E-state index contributed by atoms with van der Waals surface area (Å²) in [5, 5.41) is 3.01. The number of Topliss-reactive ketones (excluding diaryl/α,β-unsaturated/α-hetero) is 1. The maximum atomic E-state index is 12.4. The third kappa shape index (κ3) is 6.22. The Bertz CT molecular complexity index is 1010. The van der Waals surface area contributed by atoms with E-state index in [1.807, 2.05) is 18.2 Å². The number of benzene rings is 2. The lowest BCUT2D eigenvalue weighted by atomic mass is 10.1. The average molecular weight is 444 g/mol. The van der Waals surface area contributed by atoms with E-state index in [2.05, 4.69) is 34.0 Å². The summed E-state index contributed by atoms with van der Waals surface area (Å²) in [6, 6.07) is 16.3. The first-order valence-electron chi connectivity index (χ1n) is 10.5. The van der Waals surface area contributed by atoms with Gasteiger partial charge in [-0.1, -0.05) is 42.5 Å². The van der Waals surface area contributed by atoms with Gasteiger partial charge >= 0.3 is 0 Å². The highest BCUT2D eigenvalue weighted by Gasteiger charge is 2.27. The smallest absolute Gasteiger partial charge is 0.240 e. The fraction of sp³-hybridized carbons (Fsp3) is 0.391. The van der Waals surface area contributed by atoms with Crippen molar-refractivity contribution in [2.45, 2.75) is 43.7 Å². The lowest BCUT2D eigenvalue weighted by Gasteiger charge is -2.24. The number of nitrogens with one attached hydrogen (secondary N) is 2. The zero-order valence-electron chi connectivity index (χ0n) is 17.9.